The van der Waals surface area contributed by atoms with Gasteiger partial charge in [-0.2, -0.15) is 0 Å². The minimum atomic E-state index is 0.480. The Hall–Kier alpha value is -0.480. The zero-order chi connectivity index (χ0) is 10.7. The lowest BCUT2D eigenvalue weighted by molar-refractivity contribution is 1.03. The fourth-order valence-corrected chi connectivity index (χ4v) is 3.47. The lowest BCUT2D eigenvalue weighted by Crippen LogP contribution is -1.98. The second kappa shape index (κ2) is 5.03. The maximum Gasteiger partial charge on any atom is 0.0646 e. The van der Waals surface area contributed by atoms with Crippen molar-refractivity contribution in [2.24, 2.45) is 5.73 Å². The fourth-order valence-electron chi connectivity index (χ4n) is 1.26. The molecule has 0 fully saturated rings. The molecule has 1 heterocycles. The smallest absolute Gasteiger partial charge is 0.0646 e. The number of halogens is 1. The Morgan fingerprint density at radius 2 is 2.13 bits per heavy atom. The van der Waals surface area contributed by atoms with E-state index in [1.807, 2.05) is 18.2 Å². The Bertz CT molecular complexity index is 440. The van der Waals surface area contributed by atoms with Crippen LogP contribution in [0, 0.1) is 0 Å². The Morgan fingerprint density at radius 1 is 1.27 bits per heavy atom. The summed E-state index contributed by atoms with van der Waals surface area (Å²) in [4.78, 5) is 1.15. The summed E-state index contributed by atoms with van der Waals surface area (Å²) < 4.78 is 1.26. The van der Waals surface area contributed by atoms with Crippen molar-refractivity contribution >= 4 is 34.7 Å². The third-order valence-electron chi connectivity index (χ3n) is 1.99. The molecule has 0 aliphatic rings. The Labute approximate surface area is 102 Å². The average Bonchev–Trinajstić information content (AvgIpc) is 2.71. The average molecular weight is 256 g/mol. The minimum absolute atomic E-state index is 0.480. The van der Waals surface area contributed by atoms with Crippen LogP contribution in [0.3, 0.4) is 0 Å². The van der Waals surface area contributed by atoms with Crippen LogP contribution in [0.15, 0.2) is 44.8 Å². The van der Waals surface area contributed by atoms with Crippen LogP contribution >= 0.6 is 34.7 Å². The molecular formula is C11H10ClNS2. The van der Waals surface area contributed by atoms with E-state index in [-0.39, 0.29) is 0 Å². The molecule has 2 rings (SSSR count). The highest BCUT2D eigenvalue weighted by Crippen LogP contribution is 2.35. The van der Waals surface area contributed by atoms with Gasteiger partial charge < -0.3 is 5.73 Å². The van der Waals surface area contributed by atoms with Crippen LogP contribution in [0.5, 0.6) is 0 Å². The lowest BCUT2D eigenvalue weighted by atomic mass is 10.2. The molecule has 15 heavy (non-hydrogen) atoms. The van der Waals surface area contributed by atoms with Crippen LogP contribution in [0.25, 0.3) is 0 Å². The van der Waals surface area contributed by atoms with Crippen LogP contribution in [-0.4, -0.2) is 0 Å². The molecular weight excluding hydrogens is 246 g/mol. The molecule has 1 nitrogen and oxygen atoms in total. The van der Waals surface area contributed by atoms with Crippen molar-refractivity contribution in [3.8, 4) is 0 Å². The van der Waals surface area contributed by atoms with E-state index in [1.54, 1.807) is 23.1 Å². The van der Waals surface area contributed by atoms with Crippen LogP contribution in [-0.2, 0) is 6.54 Å². The summed E-state index contributed by atoms with van der Waals surface area (Å²) in [7, 11) is 0. The molecule has 4 heteroatoms. The predicted octanol–water partition coefficient (Wildman–Crippen LogP) is 4.01. The molecule has 0 aliphatic heterocycles. The molecule has 0 spiro atoms. The van der Waals surface area contributed by atoms with Crippen LogP contribution in [0.4, 0.5) is 0 Å². The summed E-state index contributed by atoms with van der Waals surface area (Å²) in [6.07, 6.45) is 0. The van der Waals surface area contributed by atoms with Crippen LogP contribution in [0.1, 0.15) is 5.56 Å². The number of hydrogen-bond donors (Lipinski definition) is 1. The second-order valence-corrected chi connectivity index (χ2v) is 5.65. The monoisotopic (exact) mass is 255 g/mol. The van der Waals surface area contributed by atoms with Crippen molar-refractivity contribution in [3.05, 3.63) is 46.3 Å². The summed E-state index contributed by atoms with van der Waals surface area (Å²) in [6, 6.07) is 10.0. The van der Waals surface area contributed by atoms with E-state index in [1.165, 1.54) is 4.21 Å². The largest absolute Gasteiger partial charge is 0.326 e. The van der Waals surface area contributed by atoms with Gasteiger partial charge in [0.15, 0.2) is 0 Å². The van der Waals surface area contributed by atoms with E-state index in [2.05, 4.69) is 17.5 Å². The Kier molecular flexibility index (Phi) is 3.70. The van der Waals surface area contributed by atoms with E-state index in [4.69, 9.17) is 17.3 Å². The van der Waals surface area contributed by atoms with Gasteiger partial charge in [-0.15, -0.1) is 11.3 Å². The molecule has 0 bridgehead atoms. The highest BCUT2D eigenvalue weighted by atomic mass is 35.5. The van der Waals surface area contributed by atoms with Crippen molar-refractivity contribution < 1.29 is 0 Å². The summed E-state index contributed by atoms with van der Waals surface area (Å²) in [6.45, 7) is 0.480. The van der Waals surface area contributed by atoms with Crippen molar-refractivity contribution in [1.29, 1.82) is 0 Å². The molecule has 0 amide bonds. The van der Waals surface area contributed by atoms with E-state index in [0.717, 1.165) is 15.5 Å². The first kappa shape index (κ1) is 11.0. The third-order valence-corrected chi connectivity index (χ3v) is 4.48. The summed E-state index contributed by atoms with van der Waals surface area (Å²) in [5, 5.41) is 2.81. The molecule has 0 saturated heterocycles. The van der Waals surface area contributed by atoms with Gasteiger partial charge in [0, 0.05) is 16.5 Å². The standard InChI is InChI=1S/C11H10ClNS2/c12-9-3-1-4-10(8(9)7-13)15-11-5-2-6-14-11/h1-6H,7,13H2. The van der Waals surface area contributed by atoms with Gasteiger partial charge in [-0.1, -0.05) is 35.5 Å². The molecule has 0 aliphatic carbocycles. The topological polar surface area (TPSA) is 26.0 Å². The van der Waals surface area contributed by atoms with Crippen molar-refractivity contribution in [2.75, 3.05) is 0 Å². The first-order valence-corrected chi connectivity index (χ1v) is 6.57. The number of nitrogens with two attached hydrogens (primary N) is 1. The SMILES string of the molecule is NCc1c(Cl)cccc1Sc1cccs1. The fraction of sp³-hybridized carbons (Fsp3) is 0.0909. The van der Waals surface area contributed by atoms with Crippen LogP contribution in [0.2, 0.25) is 5.02 Å². The molecule has 1 aromatic heterocycles. The number of benzene rings is 1. The maximum atomic E-state index is 6.08. The van der Waals surface area contributed by atoms with Crippen molar-refractivity contribution in [2.45, 2.75) is 15.6 Å². The molecule has 78 valence electrons. The van der Waals surface area contributed by atoms with E-state index < -0.39 is 0 Å². The van der Waals surface area contributed by atoms with Gasteiger partial charge in [0.25, 0.3) is 0 Å². The molecule has 0 unspecified atom stereocenters. The highest BCUT2D eigenvalue weighted by Gasteiger charge is 2.06. The van der Waals surface area contributed by atoms with Gasteiger partial charge in [-0.05, 0) is 29.1 Å². The summed E-state index contributed by atoms with van der Waals surface area (Å²) in [5.74, 6) is 0. The van der Waals surface area contributed by atoms with E-state index in [0.29, 0.717) is 6.54 Å². The Balaban J connectivity index is 2.32. The summed E-state index contributed by atoms with van der Waals surface area (Å²) in [5.41, 5.74) is 6.71. The zero-order valence-corrected chi connectivity index (χ0v) is 10.3. The third kappa shape index (κ3) is 2.55. The molecule has 1 aromatic carbocycles. The normalized spacial score (nSPS) is 10.5. The highest BCUT2D eigenvalue weighted by molar-refractivity contribution is 8.01. The maximum absolute atomic E-state index is 6.08. The molecule has 0 atom stereocenters. The van der Waals surface area contributed by atoms with Gasteiger partial charge in [0.05, 0.1) is 4.21 Å². The quantitative estimate of drug-likeness (QED) is 0.897. The molecule has 2 N–H and O–H groups in total. The first-order valence-electron chi connectivity index (χ1n) is 4.50. The van der Waals surface area contributed by atoms with Gasteiger partial charge in [-0.3, -0.25) is 0 Å². The van der Waals surface area contributed by atoms with E-state index >= 15 is 0 Å². The molecule has 2 aromatic rings. The number of hydrogen-bond acceptors (Lipinski definition) is 3. The van der Waals surface area contributed by atoms with Crippen molar-refractivity contribution in [1.82, 2.24) is 0 Å². The zero-order valence-electron chi connectivity index (χ0n) is 7.94. The predicted molar refractivity (Wildman–Crippen MR) is 67.8 cm³/mol. The minimum Gasteiger partial charge on any atom is -0.326 e. The van der Waals surface area contributed by atoms with E-state index in [9.17, 15) is 0 Å². The van der Waals surface area contributed by atoms with Gasteiger partial charge >= 0.3 is 0 Å². The number of rotatable bonds is 3. The summed E-state index contributed by atoms with van der Waals surface area (Å²) >= 11 is 9.52. The molecule has 0 saturated carbocycles. The number of thiophene rings is 1. The van der Waals surface area contributed by atoms with Gasteiger partial charge in [0.1, 0.15) is 0 Å². The van der Waals surface area contributed by atoms with Crippen LogP contribution < -0.4 is 5.73 Å². The molecule has 0 radical (unpaired) electrons. The van der Waals surface area contributed by atoms with Crippen molar-refractivity contribution in [3.63, 3.8) is 0 Å². The second-order valence-electron chi connectivity index (χ2n) is 2.95. The van der Waals surface area contributed by atoms with Gasteiger partial charge in [0.2, 0.25) is 0 Å². The van der Waals surface area contributed by atoms with Gasteiger partial charge in [-0.25, -0.2) is 0 Å². The Morgan fingerprint density at radius 3 is 2.80 bits per heavy atom. The lowest BCUT2D eigenvalue weighted by Gasteiger charge is -2.07. The first-order chi connectivity index (χ1) is 7.31.